The lowest BCUT2D eigenvalue weighted by Crippen LogP contribution is -2.49. The van der Waals surface area contributed by atoms with Gasteiger partial charge in [-0.1, -0.05) is 243 Å². The Kier molecular flexibility index (Phi) is 13.1. The van der Waals surface area contributed by atoms with Crippen LogP contribution in [0.25, 0.3) is 33.7 Å². The van der Waals surface area contributed by atoms with E-state index >= 15 is 0 Å². The van der Waals surface area contributed by atoms with Crippen molar-refractivity contribution in [3.63, 3.8) is 0 Å². The first-order valence-electron chi connectivity index (χ1n) is 25.4. The van der Waals surface area contributed by atoms with Crippen molar-refractivity contribution in [2.24, 2.45) is 10.8 Å². The highest BCUT2D eigenvalue weighted by Gasteiger charge is 2.57. The Morgan fingerprint density at radius 1 is 0.392 bits per heavy atom. The lowest BCUT2D eigenvalue weighted by atomic mass is 9.54. The minimum absolute atomic E-state index is 0.0228. The highest BCUT2D eigenvalue weighted by molar-refractivity contribution is 5.95. The molecule has 1 aromatic heterocycles. The number of aliphatic carboxylic acids is 2. The Balaban J connectivity index is 1.25. The van der Waals surface area contributed by atoms with Gasteiger partial charge in [0.1, 0.15) is 11.5 Å². The second-order valence-electron chi connectivity index (χ2n) is 22.1. The number of aromatic nitrogens is 1. The summed E-state index contributed by atoms with van der Waals surface area (Å²) in [7, 11) is 0. The van der Waals surface area contributed by atoms with Crippen LogP contribution in [-0.2, 0) is 31.2 Å². The summed E-state index contributed by atoms with van der Waals surface area (Å²) in [4.78, 5) is 33.9. The molecule has 9 rings (SSSR count). The van der Waals surface area contributed by atoms with Crippen LogP contribution >= 0.6 is 0 Å². The van der Waals surface area contributed by atoms with Gasteiger partial charge >= 0.3 is 11.9 Å². The normalized spacial score (nSPS) is 18.6. The second kappa shape index (κ2) is 19.1. The van der Waals surface area contributed by atoms with E-state index in [0.29, 0.717) is 55.9 Å². The Morgan fingerprint density at radius 3 is 0.986 bits per heavy atom. The molecule has 7 nitrogen and oxygen atoms in total. The maximum Gasteiger partial charge on any atom is 0.314 e. The van der Waals surface area contributed by atoms with E-state index in [0.717, 1.165) is 22.3 Å². The zero-order valence-electron chi connectivity index (χ0n) is 43.5. The minimum atomic E-state index is -1.52. The van der Waals surface area contributed by atoms with Gasteiger partial charge in [0.2, 0.25) is 0 Å². The molecule has 1 heterocycles. The van der Waals surface area contributed by atoms with Crippen molar-refractivity contribution in [3.05, 3.63) is 256 Å². The summed E-state index contributed by atoms with van der Waals surface area (Å²) in [5.74, 6) is -1.96. The van der Waals surface area contributed by atoms with Crippen LogP contribution in [0.3, 0.4) is 0 Å². The Morgan fingerprint density at radius 2 is 0.676 bits per heavy atom. The number of carboxylic acid groups (broad SMARTS) is 2. The summed E-state index contributed by atoms with van der Waals surface area (Å²) in [6.07, 6.45) is 3.65. The predicted octanol–water partition coefficient (Wildman–Crippen LogP) is 15.7. The zero-order chi connectivity index (χ0) is 52.8. The maximum absolute atomic E-state index is 14.3. The molecule has 74 heavy (non-hydrogen) atoms. The van der Waals surface area contributed by atoms with Gasteiger partial charge in [-0.3, -0.25) is 9.59 Å². The van der Waals surface area contributed by atoms with Crippen LogP contribution in [0.15, 0.2) is 223 Å². The summed E-state index contributed by atoms with van der Waals surface area (Å²) in [5.41, 5.74) is 2.74. The van der Waals surface area contributed by atoms with Gasteiger partial charge in [0.25, 0.3) is 0 Å². The summed E-state index contributed by atoms with van der Waals surface area (Å²) in [6.45, 7) is 16.0. The molecular weight excluding hydrogens is 915 g/mol. The van der Waals surface area contributed by atoms with E-state index < -0.39 is 44.4 Å². The van der Waals surface area contributed by atoms with Crippen LogP contribution in [0.2, 0.25) is 0 Å². The molecule has 374 valence electrons. The van der Waals surface area contributed by atoms with Crippen LogP contribution < -0.4 is 0 Å². The molecule has 2 aliphatic carbocycles. The van der Waals surface area contributed by atoms with Crippen molar-refractivity contribution < 1.29 is 30.0 Å². The van der Waals surface area contributed by atoms with Crippen molar-refractivity contribution in [3.8, 4) is 22.5 Å². The van der Waals surface area contributed by atoms with Gasteiger partial charge in [-0.25, -0.2) is 4.98 Å². The van der Waals surface area contributed by atoms with Gasteiger partial charge in [0.15, 0.2) is 0 Å². The number of hydrogen-bond donors (Lipinski definition) is 4. The molecule has 0 amide bonds. The maximum atomic E-state index is 14.3. The first-order valence-corrected chi connectivity index (χ1v) is 25.4. The monoisotopic (exact) mass is 979 g/mol. The topological polar surface area (TPSA) is 128 Å². The number of carbonyl (C=O) groups is 2. The third-order valence-electron chi connectivity index (χ3n) is 17.0. The molecule has 0 fully saturated rings. The van der Waals surface area contributed by atoms with Crippen LogP contribution in [0, 0.1) is 10.8 Å². The number of aliphatic hydroxyl groups is 2. The van der Waals surface area contributed by atoms with Crippen LogP contribution in [0.4, 0.5) is 0 Å². The van der Waals surface area contributed by atoms with E-state index in [2.05, 4.69) is 0 Å². The molecule has 2 unspecified atom stereocenters. The van der Waals surface area contributed by atoms with Crippen molar-refractivity contribution in [1.29, 1.82) is 0 Å². The Hall–Kier alpha value is -8.03. The Labute approximate surface area is 435 Å². The fourth-order valence-electron chi connectivity index (χ4n) is 11.7. The lowest BCUT2D eigenvalue weighted by Gasteiger charge is -2.47. The van der Waals surface area contributed by atoms with Gasteiger partial charge in [0, 0.05) is 43.9 Å². The summed E-state index contributed by atoms with van der Waals surface area (Å²) >= 11 is 0. The Bertz CT molecular complexity index is 3180. The molecule has 4 N–H and O–H groups in total. The van der Waals surface area contributed by atoms with Crippen LogP contribution in [0.1, 0.15) is 102 Å². The summed E-state index contributed by atoms with van der Waals surface area (Å²) < 4.78 is 0. The number of allylic oxidation sites excluding steroid dienone is 4. The first kappa shape index (κ1) is 50.9. The first-order chi connectivity index (χ1) is 35.2. The van der Waals surface area contributed by atoms with Gasteiger partial charge in [-0.05, 0) is 69.5 Å². The number of carboxylic acids is 2. The fourth-order valence-corrected chi connectivity index (χ4v) is 11.7. The molecule has 2 atom stereocenters. The molecule has 0 aliphatic heterocycles. The molecule has 2 aliphatic rings. The number of rotatable bonds is 14. The third kappa shape index (κ3) is 8.38. The standard InChI is InChI=1S/C67H65NO6/c1-62(2,44-26-13-9-14-27-44)54-42-66(60(71)72,64(5,6)46-30-17-11-18-31-46)40-52(58(54)69)48-34-21-23-36-50(48)56-38-25-39-57(68-56)51-37-24-22-35-49(51)53-41-67(61(73)74,65(7,8)47-32-19-12-20-33-47)43-55(59(53)70)63(3,4)45-28-15-10-16-29-45/h9-41,69-70H,42-43H2,1-8H3,(H,71,72)(H,73,74). The molecule has 0 radical (unpaired) electrons. The van der Waals surface area contributed by atoms with Crippen molar-refractivity contribution in [1.82, 2.24) is 4.98 Å². The van der Waals surface area contributed by atoms with E-state index in [1.165, 1.54) is 0 Å². The third-order valence-corrected chi connectivity index (χ3v) is 17.0. The molecule has 0 bridgehead atoms. The largest absolute Gasteiger partial charge is 0.507 e. The average Bonchev–Trinajstić information content (AvgIpc) is 3.42. The minimum Gasteiger partial charge on any atom is -0.507 e. The average molecular weight is 980 g/mol. The van der Waals surface area contributed by atoms with Gasteiger partial charge in [0.05, 0.1) is 22.2 Å². The SMILES string of the molecule is CC(C)(C1=C(O)C(c2ccccc2-c2cccc(-c3ccccc3C3=CC(C(=O)O)(C(C)(C)c4ccccc4)CC(C(C)(C)c4ccccc4)=C3O)n2)=CC(C(=O)O)(C(C)(C)c2ccccc2)C1)c1ccccc1. The van der Waals surface area contributed by atoms with E-state index in [4.69, 9.17) is 4.98 Å². The number of benzene rings is 6. The zero-order valence-corrected chi connectivity index (χ0v) is 43.5. The van der Waals surface area contributed by atoms with Crippen molar-refractivity contribution >= 4 is 23.1 Å². The molecule has 7 aromatic rings. The lowest BCUT2D eigenvalue weighted by molar-refractivity contribution is -0.150. The van der Waals surface area contributed by atoms with Gasteiger partial charge < -0.3 is 20.4 Å². The second-order valence-corrected chi connectivity index (χ2v) is 22.1. The number of pyridine rings is 1. The molecule has 7 heteroatoms. The quantitative estimate of drug-likeness (QED) is 0.0854. The molecule has 0 spiro atoms. The highest BCUT2D eigenvalue weighted by atomic mass is 16.4. The van der Waals surface area contributed by atoms with E-state index in [9.17, 15) is 30.0 Å². The molecule has 6 aromatic carbocycles. The number of hydrogen-bond acceptors (Lipinski definition) is 5. The van der Waals surface area contributed by atoms with E-state index in [1.807, 2.05) is 243 Å². The number of aliphatic hydroxyl groups excluding tert-OH is 2. The summed E-state index contributed by atoms with van der Waals surface area (Å²) in [6, 6.07) is 60.2. The number of nitrogens with zero attached hydrogens (tertiary/aromatic N) is 1. The smallest absolute Gasteiger partial charge is 0.314 e. The van der Waals surface area contributed by atoms with Gasteiger partial charge in [-0.2, -0.15) is 0 Å². The van der Waals surface area contributed by atoms with Crippen molar-refractivity contribution in [2.45, 2.75) is 89.9 Å². The summed E-state index contributed by atoms with van der Waals surface area (Å²) in [5, 5.41) is 49.0. The van der Waals surface area contributed by atoms with Crippen molar-refractivity contribution in [2.75, 3.05) is 0 Å². The van der Waals surface area contributed by atoms with Gasteiger partial charge in [-0.15, -0.1) is 0 Å². The molecule has 0 saturated carbocycles. The van der Waals surface area contributed by atoms with E-state index in [1.54, 1.807) is 12.2 Å². The van der Waals surface area contributed by atoms with Crippen LogP contribution in [-0.4, -0.2) is 37.3 Å². The molecule has 0 saturated heterocycles. The fraction of sp³-hybridized carbons (Fsp3) is 0.239. The predicted molar refractivity (Wildman–Crippen MR) is 298 cm³/mol. The van der Waals surface area contributed by atoms with Crippen LogP contribution in [0.5, 0.6) is 0 Å². The van der Waals surface area contributed by atoms with E-state index in [-0.39, 0.29) is 24.4 Å². The molecular formula is C67H65NO6. The highest BCUT2D eigenvalue weighted by Crippen LogP contribution is 2.58.